The summed E-state index contributed by atoms with van der Waals surface area (Å²) >= 11 is 3.24. The summed E-state index contributed by atoms with van der Waals surface area (Å²) in [5.74, 6) is 2.78. The molecule has 0 spiro atoms. The molecule has 7 heteroatoms. The zero-order valence-electron chi connectivity index (χ0n) is 12.4. The summed E-state index contributed by atoms with van der Waals surface area (Å²) in [7, 11) is 0. The third kappa shape index (κ3) is 3.07. The van der Waals surface area contributed by atoms with Gasteiger partial charge in [0.25, 0.3) is 5.89 Å². The van der Waals surface area contributed by atoms with Gasteiger partial charge < -0.3 is 13.9 Å². The van der Waals surface area contributed by atoms with Crippen LogP contribution < -0.4 is 9.47 Å². The van der Waals surface area contributed by atoms with Crippen LogP contribution in [-0.2, 0) is 0 Å². The van der Waals surface area contributed by atoms with E-state index in [1.165, 1.54) is 0 Å². The summed E-state index contributed by atoms with van der Waals surface area (Å²) in [6.45, 7) is 3.24. The first kappa shape index (κ1) is 14.6. The SMILES string of the molecule is C[C@H](Sc1ccc2c(c1)OCCO2)c1nnc(-c2cccs2)o1. The fourth-order valence-corrected chi connectivity index (χ4v) is 3.82. The second kappa shape index (κ2) is 6.25. The topological polar surface area (TPSA) is 57.4 Å². The van der Waals surface area contributed by atoms with Crippen LogP contribution >= 0.6 is 23.1 Å². The van der Waals surface area contributed by atoms with Gasteiger partial charge in [-0.3, -0.25) is 0 Å². The second-order valence-electron chi connectivity index (χ2n) is 4.99. The average molecular weight is 346 g/mol. The Kier molecular flexibility index (Phi) is 3.97. The molecule has 0 aliphatic carbocycles. The van der Waals surface area contributed by atoms with Crippen LogP contribution in [-0.4, -0.2) is 23.4 Å². The normalized spacial score (nSPS) is 14.7. The van der Waals surface area contributed by atoms with Gasteiger partial charge in [0.15, 0.2) is 11.5 Å². The summed E-state index contributed by atoms with van der Waals surface area (Å²) in [5.41, 5.74) is 0. The van der Waals surface area contributed by atoms with Gasteiger partial charge in [0, 0.05) is 4.90 Å². The predicted octanol–water partition coefficient (Wildman–Crippen LogP) is 4.42. The van der Waals surface area contributed by atoms with Crippen molar-refractivity contribution in [2.24, 2.45) is 0 Å². The number of hydrogen-bond donors (Lipinski definition) is 0. The van der Waals surface area contributed by atoms with Gasteiger partial charge in [-0.25, -0.2) is 0 Å². The minimum absolute atomic E-state index is 0.0544. The van der Waals surface area contributed by atoms with Gasteiger partial charge in [0.2, 0.25) is 5.89 Å². The van der Waals surface area contributed by atoms with Crippen LogP contribution in [0.15, 0.2) is 45.0 Å². The number of aromatic nitrogens is 2. The zero-order chi connectivity index (χ0) is 15.6. The maximum absolute atomic E-state index is 5.79. The Labute approximate surface area is 141 Å². The third-order valence-corrected chi connectivity index (χ3v) is 5.29. The minimum atomic E-state index is 0.0544. The van der Waals surface area contributed by atoms with Crippen molar-refractivity contribution < 1.29 is 13.9 Å². The van der Waals surface area contributed by atoms with Crippen molar-refractivity contribution in [3.8, 4) is 22.3 Å². The number of fused-ring (bicyclic) bond motifs is 1. The molecule has 3 heterocycles. The van der Waals surface area contributed by atoms with Gasteiger partial charge in [-0.2, -0.15) is 0 Å². The van der Waals surface area contributed by atoms with E-state index >= 15 is 0 Å². The Hall–Kier alpha value is -1.99. The van der Waals surface area contributed by atoms with E-state index in [9.17, 15) is 0 Å². The Bertz CT molecular complexity index is 802. The molecule has 3 aromatic rings. The lowest BCUT2D eigenvalue weighted by Gasteiger charge is -2.19. The predicted molar refractivity (Wildman–Crippen MR) is 89.3 cm³/mol. The molecule has 0 N–H and O–H groups in total. The number of nitrogens with zero attached hydrogens (tertiary/aromatic N) is 2. The number of rotatable bonds is 4. The first-order valence-electron chi connectivity index (χ1n) is 7.23. The van der Waals surface area contributed by atoms with E-state index in [-0.39, 0.29) is 5.25 Å². The van der Waals surface area contributed by atoms with Gasteiger partial charge >= 0.3 is 0 Å². The zero-order valence-corrected chi connectivity index (χ0v) is 14.0. The molecule has 5 nitrogen and oxygen atoms in total. The number of thiophene rings is 1. The summed E-state index contributed by atoms with van der Waals surface area (Å²) in [6, 6.07) is 9.89. The number of ether oxygens (including phenoxy) is 2. The van der Waals surface area contributed by atoms with Gasteiger partial charge in [-0.1, -0.05) is 6.07 Å². The van der Waals surface area contributed by atoms with Crippen molar-refractivity contribution in [1.82, 2.24) is 10.2 Å². The molecule has 0 unspecified atom stereocenters. The van der Waals surface area contributed by atoms with Crippen molar-refractivity contribution >= 4 is 23.1 Å². The van der Waals surface area contributed by atoms with E-state index in [0.717, 1.165) is 21.3 Å². The Morgan fingerprint density at radius 3 is 2.83 bits per heavy atom. The maximum Gasteiger partial charge on any atom is 0.257 e. The smallest absolute Gasteiger partial charge is 0.257 e. The third-order valence-electron chi connectivity index (χ3n) is 3.35. The van der Waals surface area contributed by atoms with E-state index in [1.807, 2.05) is 42.6 Å². The standard InChI is InChI=1S/C16H14N2O3S2/c1-10(15-17-18-16(21-15)14-3-2-8-22-14)23-11-4-5-12-13(9-11)20-7-6-19-12/h2-5,8-10H,6-7H2,1H3/t10-/m0/s1. The summed E-state index contributed by atoms with van der Waals surface area (Å²) < 4.78 is 16.9. The molecule has 1 aliphatic heterocycles. The molecule has 0 saturated carbocycles. The van der Waals surface area contributed by atoms with Crippen molar-refractivity contribution in [1.29, 1.82) is 0 Å². The molecule has 4 rings (SSSR count). The average Bonchev–Trinajstić information content (AvgIpc) is 3.26. The molecule has 0 amide bonds. The van der Waals surface area contributed by atoms with E-state index in [2.05, 4.69) is 10.2 Å². The highest BCUT2D eigenvalue weighted by atomic mass is 32.2. The molecule has 0 bridgehead atoms. The molecule has 23 heavy (non-hydrogen) atoms. The summed E-state index contributed by atoms with van der Waals surface area (Å²) in [4.78, 5) is 2.07. The molecular weight excluding hydrogens is 332 g/mol. The molecular formula is C16H14N2O3S2. The molecule has 1 atom stereocenters. The number of hydrogen-bond acceptors (Lipinski definition) is 7. The summed E-state index contributed by atoms with van der Waals surface area (Å²) in [6.07, 6.45) is 0. The molecule has 1 aromatic carbocycles. The lowest BCUT2D eigenvalue weighted by Crippen LogP contribution is -2.15. The molecule has 0 saturated heterocycles. The molecule has 0 radical (unpaired) electrons. The summed E-state index contributed by atoms with van der Waals surface area (Å²) in [5, 5.41) is 10.3. The van der Waals surface area contributed by atoms with E-state index in [0.29, 0.717) is 25.0 Å². The molecule has 0 fully saturated rings. The van der Waals surface area contributed by atoms with Crippen LogP contribution in [0.25, 0.3) is 10.8 Å². The first-order valence-corrected chi connectivity index (χ1v) is 8.99. The largest absolute Gasteiger partial charge is 0.486 e. The highest BCUT2D eigenvalue weighted by Gasteiger charge is 2.18. The molecule has 2 aromatic heterocycles. The lowest BCUT2D eigenvalue weighted by atomic mass is 10.3. The number of thioether (sulfide) groups is 1. The number of benzene rings is 1. The monoisotopic (exact) mass is 346 g/mol. The van der Waals surface area contributed by atoms with Gasteiger partial charge in [-0.05, 0) is 36.6 Å². The fourth-order valence-electron chi connectivity index (χ4n) is 2.25. The fraction of sp³-hybridized carbons (Fsp3) is 0.250. The van der Waals surface area contributed by atoms with Gasteiger partial charge in [0.05, 0.1) is 10.1 Å². The van der Waals surface area contributed by atoms with Crippen molar-refractivity contribution in [2.75, 3.05) is 13.2 Å². The van der Waals surface area contributed by atoms with Crippen LogP contribution in [0, 0.1) is 0 Å². The van der Waals surface area contributed by atoms with Crippen molar-refractivity contribution in [3.63, 3.8) is 0 Å². The highest BCUT2D eigenvalue weighted by molar-refractivity contribution is 7.99. The van der Waals surface area contributed by atoms with Crippen LogP contribution in [0.1, 0.15) is 18.1 Å². The minimum Gasteiger partial charge on any atom is -0.486 e. The lowest BCUT2D eigenvalue weighted by molar-refractivity contribution is 0.171. The Morgan fingerprint density at radius 2 is 2.00 bits per heavy atom. The van der Waals surface area contributed by atoms with E-state index in [4.69, 9.17) is 13.9 Å². The van der Waals surface area contributed by atoms with Crippen molar-refractivity contribution in [3.05, 3.63) is 41.6 Å². The van der Waals surface area contributed by atoms with Gasteiger partial charge in [-0.15, -0.1) is 33.3 Å². The van der Waals surface area contributed by atoms with Crippen LogP contribution in [0.5, 0.6) is 11.5 Å². The van der Waals surface area contributed by atoms with Crippen LogP contribution in [0.3, 0.4) is 0 Å². The van der Waals surface area contributed by atoms with Crippen molar-refractivity contribution in [2.45, 2.75) is 17.1 Å². The Balaban J connectivity index is 1.50. The molecule has 1 aliphatic rings. The Morgan fingerprint density at radius 1 is 1.13 bits per heavy atom. The quantitative estimate of drug-likeness (QED) is 0.652. The van der Waals surface area contributed by atoms with Crippen LogP contribution in [0.2, 0.25) is 0 Å². The first-order chi connectivity index (χ1) is 11.3. The molecule has 118 valence electrons. The highest BCUT2D eigenvalue weighted by Crippen LogP contribution is 2.40. The van der Waals surface area contributed by atoms with Gasteiger partial charge in [0.1, 0.15) is 13.2 Å². The van der Waals surface area contributed by atoms with E-state index in [1.54, 1.807) is 23.1 Å². The second-order valence-corrected chi connectivity index (χ2v) is 7.35. The van der Waals surface area contributed by atoms with Crippen LogP contribution in [0.4, 0.5) is 0 Å². The van der Waals surface area contributed by atoms with E-state index < -0.39 is 0 Å². The maximum atomic E-state index is 5.79.